The molecule has 4 aliphatic rings. The highest BCUT2D eigenvalue weighted by Gasteiger charge is 2.71. The summed E-state index contributed by atoms with van der Waals surface area (Å²) in [6.07, 6.45) is -2.33. The summed E-state index contributed by atoms with van der Waals surface area (Å²) in [4.78, 5) is 26.5. The molecule has 9 atom stereocenters. The first-order valence-electron chi connectivity index (χ1n) is 12.0. The minimum absolute atomic E-state index is 0.0326. The lowest BCUT2D eigenvalue weighted by atomic mass is 9.44. The van der Waals surface area contributed by atoms with E-state index in [0.717, 1.165) is 12.0 Å². The third-order valence-electron chi connectivity index (χ3n) is 9.23. The number of aliphatic hydroxyl groups excluding tert-OH is 1. The summed E-state index contributed by atoms with van der Waals surface area (Å²) >= 11 is 0.947. The van der Waals surface area contributed by atoms with E-state index in [1.165, 1.54) is 6.92 Å². The molecule has 4 rings (SSSR count). The van der Waals surface area contributed by atoms with Gasteiger partial charge in [0.15, 0.2) is 5.78 Å². The van der Waals surface area contributed by atoms with E-state index in [4.69, 9.17) is 15.0 Å². The van der Waals surface area contributed by atoms with Gasteiger partial charge in [-0.1, -0.05) is 27.7 Å². The van der Waals surface area contributed by atoms with Gasteiger partial charge in [0.25, 0.3) is 0 Å². The van der Waals surface area contributed by atoms with E-state index in [2.05, 4.69) is 0 Å². The molecule has 0 radical (unpaired) electrons. The summed E-state index contributed by atoms with van der Waals surface area (Å²) in [7, 11) is 0. The van der Waals surface area contributed by atoms with Gasteiger partial charge in [-0.2, -0.15) is 0 Å². The van der Waals surface area contributed by atoms with Gasteiger partial charge in [-0.05, 0) is 42.5 Å². The molecule has 0 unspecified atom stereocenters. The number of carbonyl (C=O) groups excluding carboxylic acids is 2. The topological polar surface area (TPSA) is 102 Å². The fraction of sp³-hybridized carbons (Fsp3) is 0.833. The molecule has 8 heteroatoms. The van der Waals surface area contributed by atoms with E-state index in [9.17, 15) is 19.8 Å². The summed E-state index contributed by atoms with van der Waals surface area (Å²) in [5, 5.41) is 24.1. The van der Waals surface area contributed by atoms with Crippen LogP contribution in [-0.2, 0) is 23.2 Å². The van der Waals surface area contributed by atoms with Gasteiger partial charge in [0.1, 0.15) is 17.8 Å². The van der Waals surface area contributed by atoms with E-state index in [1.54, 1.807) is 13.8 Å². The van der Waals surface area contributed by atoms with Crippen molar-refractivity contribution in [3.05, 3.63) is 11.1 Å². The Balaban J connectivity index is 1.98. The van der Waals surface area contributed by atoms with Crippen LogP contribution in [0.25, 0.3) is 0 Å². The molecule has 1 saturated heterocycles. The monoisotopic (exact) mass is 470 g/mol. The third-order valence-corrected chi connectivity index (χ3v) is 9.60. The molecule has 3 fully saturated rings. The van der Waals surface area contributed by atoms with Crippen molar-refractivity contribution in [2.24, 2.45) is 28.6 Å². The Kier molecular flexibility index (Phi) is 5.57. The number of esters is 1. The number of carbonyl (C=O) groups is 2. The Morgan fingerprint density at radius 1 is 1.34 bits per heavy atom. The fourth-order valence-electron chi connectivity index (χ4n) is 7.11. The van der Waals surface area contributed by atoms with Crippen LogP contribution in [0.15, 0.2) is 11.1 Å². The Bertz CT molecular complexity index is 875. The predicted octanol–water partition coefficient (Wildman–Crippen LogP) is 2.68. The number of hydrogen-bond acceptors (Lipinski definition) is 8. The minimum atomic E-state index is -1.61. The smallest absolute Gasteiger partial charge is 0.303 e. The standard InChI is InChI=1S/C24H36O7S/c1-11-8-15-14(10-29-15)18-21(30-13(3)25)24(28)9-16(31-32-7)12(2)17(22(24,4)5)19(26)20(27)23(11,18)6/h11,14-16,18-19,21,26,28H,8-10H2,1-7H3/t11-,14+,15+,16-,18-,19+,21-,23+,24+/m0/s1/i7T. The molecule has 2 saturated carbocycles. The molecule has 2 N–H and O–H groups in total. The van der Waals surface area contributed by atoms with Crippen molar-refractivity contribution in [2.75, 3.05) is 12.8 Å². The van der Waals surface area contributed by atoms with Crippen LogP contribution < -0.4 is 0 Å². The average molecular weight is 471 g/mol. The minimum Gasteiger partial charge on any atom is -0.459 e. The Hall–Kier alpha value is -0.930. The van der Waals surface area contributed by atoms with Crippen molar-refractivity contribution in [1.82, 2.24) is 0 Å². The average Bonchev–Trinajstić information content (AvgIpc) is 2.72. The molecule has 2 bridgehead atoms. The van der Waals surface area contributed by atoms with Crippen molar-refractivity contribution < 1.29 is 34.8 Å². The zero-order valence-electron chi connectivity index (χ0n) is 20.7. The predicted molar refractivity (Wildman–Crippen MR) is 120 cm³/mol. The second kappa shape index (κ2) is 7.80. The zero-order valence-corrected chi connectivity index (χ0v) is 20.5. The van der Waals surface area contributed by atoms with Gasteiger partial charge in [-0.3, -0.25) is 9.59 Å². The van der Waals surface area contributed by atoms with Gasteiger partial charge in [0.05, 0.1) is 18.8 Å². The summed E-state index contributed by atoms with van der Waals surface area (Å²) in [5.41, 5.74) is -2.58. The second-order valence-corrected chi connectivity index (χ2v) is 11.3. The molecule has 0 spiro atoms. The Labute approximate surface area is 195 Å². The molecule has 3 aliphatic carbocycles. The number of ether oxygens (including phenoxy) is 2. The number of fused-ring (bicyclic) bond motifs is 5. The maximum absolute atomic E-state index is 14.1. The summed E-state index contributed by atoms with van der Waals surface area (Å²) in [6, 6.07) is 0. The van der Waals surface area contributed by atoms with Gasteiger partial charge < -0.3 is 23.9 Å². The number of aliphatic hydroxyl groups is 2. The third kappa shape index (κ3) is 3.02. The van der Waals surface area contributed by atoms with E-state index < -0.39 is 46.6 Å². The molecular weight excluding hydrogens is 432 g/mol. The van der Waals surface area contributed by atoms with Gasteiger partial charge in [0.2, 0.25) is 0 Å². The zero-order chi connectivity index (χ0) is 24.5. The van der Waals surface area contributed by atoms with Gasteiger partial charge in [0, 0.05) is 43.6 Å². The van der Waals surface area contributed by atoms with Crippen molar-refractivity contribution >= 4 is 23.8 Å². The van der Waals surface area contributed by atoms with E-state index in [1.807, 2.05) is 20.8 Å². The number of Topliss-reactive ketones (excluding diaryl/α,β-unsaturated/α-hetero) is 1. The lowest BCUT2D eigenvalue weighted by Gasteiger charge is -2.65. The van der Waals surface area contributed by atoms with Crippen molar-refractivity contribution in [1.29, 1.82) is 0 Å². The Morgan fingerprint density at radius 3 is 2.59 bits per heavy atom. The van der Waals surface area contributed by atoms with Crippen molar-refractivity contribution in [3.63, 3.8) is 0 Å². The molecule has 0 aromatic rings. The first-order chi connectivity index (χ1) is 15.3. The maximum atomic E-state index is 14.1. The van der Waals surface area contributed by atoms with Crippen LogP contribution in [-0.4, -0.2) is 64.8 Å². The molecule has 0 aromatic carbocycles. The van der Waals surface area contributed by atoms with E-state index in [-0.39, 0.29) is 36.4 Å². The highest BCUT2D eigenvalue weighted by atomic mass is 32.2. The lowest BCUT2D eigenvalue weighted by Crippen LogP contribution is -2.73. The second-order valence-electron chi connectivity index (χ2n) is 10.8. The number of hydrogen-bond donors (Lipinski definition) is 2. The van der Waals surface area contributed by atoms with Crippen LogP contribution in [0.3, 0.4) is 0 Å². The fourth-order valence-corrected chi connectivity index (χ4v) is 7.49. The lowest BCUT2D eigenvalue weighted by molar-refractivity contribution is -0.272. The molecule has 7 nitrogen and oxygen atoms in total. The maximum Gasteiger partial charge on any atom is 0.303 e. The van der Waals surface area contributed by atoms with Crippen LogP contribution in [0.1, 0.15) is 55.8 Å². The molecule has 0 aromatic heterocycles. The van der Waals surface area contributed by atoms with Crippen molar-refractivity contribution in [3.8, 4) is 0 Å². The van der Waals surface area contributed by atoms with Crippen molar-refractivity contribution in [2.45, 2.75) is 84.4 Å². The SMILES string of the molecule is [3H]CSO[C@H]1C[C@@]2(O)[C@@H](OC(C)=O)[C@@H]3[C@@H]4CO[C@@H]4C[C@H](C)[C@@]3(C)C(=O)[C@H](O)C(=C1C)C2(C)C. The van der Waals surface area contributed by atoms with E-state index in [0.29, 0.717) is 24.2 Å². The highest BCUT2D eigenvalue weighted by molar-refractivity contribution is 7.93. The van der Waals surface area contributed by atoms with Crippen LogP contribution in [0, 0.1) is 28.6 Å². The first-order valence-corrected chi connectivity index (χ1v) is 12.3. The van der Waals surface area contributed by atoms with Crippen LogP contribution >= 0.6 is 12.0 Å². The molecule has 1 heterocycles. The van der Waals surface area contributed by atoms with Crippen LogP contribution in [0.4, 0.5) is 0 Å². The van der Waals surface area contributed by atoms with Crippen LogP contribution in [0.5, 0.6) is 0 Å². The summed E-state index contributed by atoms with van der Waals surface area (Å²) in [5.74, 6) is -1.55. The summed E-state index contributed by atoms with van der Waals surface area (Å²) in [6.45, 7) is 11.0. The Morgan fingerprint density at radius 2 is 2.03 bits per heavy atom. The highest BCUT2D eigenvalue weighted by Crippen LogP contribution is 2.63. The number of rotatable bonds is 3. The normalized spacial score (nSPS) is 47.9. The molecule has 180 valence electrons. The number of ketones is 1. The molecule has 0 amide bonds. The first kappa shape index (κ1) is 22.8. The molecule has 32 heavy (non-hydrogen) atoms. The van der Waals surface area contributed by atoms with Crippen LogP contribution in [0.2, 0.25) is 0 Å². The molecule has 1 aliphatic heterocycles. The van der Waals surface area contributed by atoms with E-state index >= 15 is 0 Å². The largest absolute Gasteiger partial charge is 0.459 e. The summed E-state index contributed by atoms with van der Waals surface area (Å²) < 4.78 is 25.1. The van der Waals surface area contributed by atoms with Gasteiger partial charge in [-0.15, -0.1) is 0 Å². The van der Waals surface area contributed by atoms with Gasteiger partial charge in [-0.25, -0.2) is 0 Å². The van der Waals surface area contributed by atoms with Gasteiger partial charge >= 0.3 is 5.97 Å². The quantitative estimate of drug-likeness (QED) is 0.369. The molecular formula is C24H36O7S.